The van der Waals surface area contributed by atoms with Crippen molar-refractivity contribution in [2.24, 2.45) is 10.9 Å². The van der Waals surface area contributed by atoms with Crippen LogP contribution in [0.25, 0.3) is 0 Å². The highest BCUT2D eigenvalue weighted by Gasteiger charge is 2.45. The molecule has 0 saturated heterocycles. The number of phenolic OH excluding ortho intramolecular Hbond substituents is 2. The van der Waals surface area contributed by atoms with Crippen molar-refractivity contribution < 1.29 is 19.8 Å². The number of anilines is 2. The van der Waals surface area contributed by atoms with Crippen molar-refractivity contribution in [2.75, 3.05) is 22.9 Å². The maximum absolute atomic E-state index is 13.9. The molecule has 38 heavy (non-hydrogen) atoms. The minimum absolute atomic E-state index is 0.00411. The molecular weight excluding hydrogens is 478 g/mol. The number of ketones is 1. The van der Waals surface area contributed by atoms with Gasteiger partial charge in [0.1, 0.15) is 5.78 Å². The quantitative estimate of drug-likeness (QED) is 0.417. The van der Waals surface area contributed by atoms with E-state index in [0.29, 0.717) is 17.8 Å². The normalized spacial score (nSPS) is 20.7. The number of benzene rings is 3. The van der Waals surface area contributed by atoms with Crippen LogP contribution in [0.3, 0.4) is 0 Å². The first-order valence-corrected chi connectivity index (χ1v) is 13.2. The first-order valence-electron chi connectivity index (χ1n) is 13.2. The van der Waals surface area contributed by atoms with E-state index in [1.54, 1.807) is 11.0 Å². The van der Waals surface area contributed by atoms with Gasteiger partial charge in [-0.3, -0.25) is 14.6 Å². The molecule has 5 rings (SSSR count). The van der Waals surface area contributed by atoms with Crippen LogP contribution in [0.5, 0.6) is 11.5 Å². The van der Waals surface area contributed by atoms with Gasteiger partial charge < -0.3 is 20.0 Å². The van der Waals surface area contributed by atoms with Gasteiger partial charge in [0.2, 0.25) is 5.91 Å². The lowest BCUT2D eigenvalue weighted by Crippen LogP contribution is -2.45. The summed E-state index contributed by atoms with van der Waals surface area (Å²) in [7, 11) is 0. The van der Waals surface area contributed by atoms with Crippen LogP contribution >= 0.6 is 0 Å². The second-order valence-electron chi connectivity index (χ2n) is 9.99. The van der Waals surface area contributed by atoms with Gasteiger partial charge in [-0.2, -0.15) is 0 Å². The highest BCUT2D eigenvalue weighted by atomic mass is 16.3. The van der Waals surface area contributed by atoms with Gasteiger partial charge in [0.05, 0.1) is 23.3 Å². The number of hydrogen-bond donors (Lipinski definition) is 2. The third kappa shape index (κ3) is 4.53. The molecular formula is C31H33N3O4. The second-order valence-corrected chi connectivity index (χ2v) is 9.99. The van der Waals surface area contributed by atoms with E-state index in [0.717, 1.165) is 35.6 Å². The van der Waals surface area contributed by atoms with E-state index in [4.69, 9.17) is 4.99 Å². The highest BCUT2D eigenvalue weighted by Crippen LogP contribution is 2.48. The standard InChI is InChI=1S/C31H33N3O4/c1-4-33(5-2)23-13-10-20(11-14-23)31-30-25(32-24-8-6-7-9-26(24)34(31)19(3)35)16-22(18-29(30)38)21-12-15-27(36)28(37)17-21/h6-15,17,22,30-31,36-37H,4-5,16,18H2,1-3H3. The van der Waals surface area contributed by atoms with Gasteiger partial charge in [-0.25, -0.2) is 0 Å². The van der Waals surface area contributed by atoms with Crippen molar-refractivity contribution in [2.45, 2.75) is 45.6 Å². The number of aliphatic imine (C=N–C) groups is 1. The molecule has 1 aliphatic heterocycles. The average molecular weight is 512 g/mol. The van der Waals surface area contributed by atoms with Crippen LogP contribution in [0.4, 0.5) is 17.1 Å². The fraction of sp³-hybridized carbons (Fsp3) is 0.323. The Morgan fingerprint density at radius 3 is 2.29 bits per heavy atom. The average Bonchev–Trinajstić information content (AvgIpc) is 3.06. The predicted octanol–water partition coefficient (Wildman–Crippen LogP) is 5.89. The molecule has 1 heterocycles. The van der Waals surface area contributed by atoms with Crippen LogP contribution in [-0.2, 0) is 9.59 Å². The monoisotopic (exact) mass is 511 g/mol. The van der Waals surface area contributed by atoms with Crippen LogP contribution in [0, 0.1) is 5.92 Å². The van der Waals surface area contributed by atoms with Crippen molar-refractivity contribution in [1.82, 2.24) is 0 Å². The molecule has 3 atom stereocenters. The fourth-order valence-electron chi connectivity index (χ4n) is 5.90. The summed E-state index contributed by atoms with van der Waals surface area (Å²) >= 11 is 0. The minimum Gasteiger partial charge on any atom is -0.504 e. The lowest BCUT2D eigenvalue weighted by molar-refractivity contribution is -0.123. The number of nitrogens with zero attached hydrogens (tertiary/aromatic N) is 3. The van der Waals surface area contributed by atoms with Crippen molar-refractivity contribution in [1.29, 1.82) is 0 Å². The number of aromatic hydroxyl groups is 2. The molecule has 3 aromatic rings. The molecule has 3 aromatic carbocycles. The lowest BCUT2D eigenvalue weighted by Gasteiger charge is -2.38. The molecule has 1 amide bonds. The van der Waals surface area contributed by atoms with Gasteiger partial charge in [0.25, 0.3) is 0 Å². The Kier molecular flexibility index (Phi) is 6.93. The molecule has 7 heteroatoms. The second kappa shape index (κ2) is 10.3. The zero-order valence-electron chi connectivity index (χ0n) is 22.0. The highest BCUT2D eigenvalue weighted by molar-refractivity contribution is 6.13. The summed E-state index contributed by atoms with van der Waals surface area (Å²) in [5, 5.41) is 19.8. The summed E-state index contributed by atoms with van der Waals surface area (Å²) in [6.07, 6.45) is 0.763. The molecule has 0 radical (unpaired) electrons. The summed E-state index contributed by atoms with van der Waals surface area (Å²) in [6, 6.07) is 19.9. The third-order valence-electron chi connectivity index (χ3n) is 7.78. The Labute approximate surface area is 223 Å². The van der Waals surface area contributed by atoms with Crippen LogP contribution in [0.15, 0.2) is 71.7 Å². The molecule has 0 aromatic heterocycles. The number of para-hydroxylation sites is 2. The Hall–Kier alpha value is -4.13. The third-order valence-corrected chi connectivity index (χ3v) is 7.78. The van der Waals surface area contributed by atoms with E-state index in [-0.39, 0.29) is 35.5 Å². The Morgan fingerprint density at radius 2 is 1.63 bits per heavy atom. The minimum atomic E-state index is -0.590. The first-order chi connectivity index (χ1) is 18.3. The molecule has 1 fully saturated rings. The summed E-state index contributed by atoms with van der Waals surface area (Å²) in [4.78, 5) is 36.1. The maximum Gasteiger partial charge on any atom is 0.224 e. The number of carbonyl (C=O) groups excluding carboxylic acids is 2. The van der Waals surface area contributed by atoms with Crippen LogP contribution in [0.2, 0.25) is 0 Å². The predicted molar refractivity (Wildman–Crippen MR) is 150 cm³/mol. The van der Waals surface area contributed by atoms with Crippen molar-refractivity contribution in [3.63, 3.8) is 0 Å². The van der Waals surface area contributed by atoms with Gasteiger partial charge in [0.15, 0.2) is 11.5 Å². The first kappa shape index (κ1) is 25.5. The van der Waals surface area contributed by atoms with Gasteiger partial charge in [0, 0.05) is 37.8 Å². The van der Waals surface area contributed by atoms with Crippen LogP contribution in [-0.4, -0.2) is 40.7 Å². The Bertz CT molecular complexity index is 1390. The Morgan fingerprint density at radius 1 is 0.947 bits per heavy atom. The number of amides is 1. The molecule has 2 N–H and O–H groups in total. The van der Waals surface area contributed by atoms with E-state index >= 15 is 0 Å². The van der Waals surface area contributed by atoms with E-state index in [1.807, 2.05) is 36.4 Å². The Balaban J connectivity index is 1.62. The van der Waals surface area contributed by atoms with Gasteiger partial charge in [-0.1, -0.05) is 30.3 Å². The zero-order valence-corrected chi connectivity index (χ0v) is 22.0. The summed E-state index contributed by atoms with van der Waals surface area (Å²) in [5.41, 5.74) is 4.83. The number of hydrogen-bond acceptors (Lipinski definition) is 6. The molecule has 2 aliphatic rings. The summed E-state index contributed by atoms with van der Waals surface area (Å²) in [5.74, 6) is -1.33. The largest absolute Gasteiger partial charge is 0.504 e. The van der Waals surface area contributed by atoms with Crippen molar-refractivity contribution >= 4 is 34.5 Å². The van der Waals surface area contributed by atoms with Crippen molar-refractivity contribution in [3.05, 3.63) is 77.9 Å². The number of phenols is 2. The van der Waals surface area contributed by atoms with Crippen LogP contribution < -0.4 is 9.80 Å². The van der Waals surface area contributed by atoms with Gasteiger partial charge >= 0.3 is 0 Å². The SMILES string of the molecule is CCN(CC)c1ccc(C2C3C(=O)CC(c4ccc(O)c(O)c4)CC3=Nc3ccccc3N2C(C)=O)cc1. The molecule has 0 spiro atoms. The summed E-state index contributed by atoms with van der Waals surface area (Å²) in [6.45, 7) is 7.54. The van der Waals surface area contributed by atoms with E-state index in [2.05, 4.69) is 30.9 Å². The lowest BCUT2D eigenvalue weighted by atomic mass is 9.72. The molecule has 1 aliphatic carbocycles. The molecule has 1 saturated carbocycles. The van der Waals surface area contributed by atoms with E-state index < -0.39 is 12.0 Å². The van der Waals surface area contributed by atoms with E-state index in [9.17, 15) is 19.8 Å². The molecule has 3 unspecified atom stereocenters. The number of carbonyl (C=O) groups is 2. The zero-order chi connectivity index (χ0) is 27.0. The van der Waals surface area contributed by atoms with Crippen LogP contribution in [0.1, 0.15) is 56.7 Å². The molecule has 7 nitrogen and oxygen atoms in total. The van der Waals surface area contributed by atoms with Gasteiger partial charge in [-0.05, 0) is 73.7 Å². The number of Topliss-reactive ketones (excluding diaryl/α,β-unsaturated/α-hetero) is 1. The molecule has 196 valence electrons. The number of fused-ring (bicyclic) bond motifs is 2. The van der Waals surface area contributed by atoms with Gasteiger partial charge in [-0.15, -0.1) is 0 Å². The maximum atomic E-state index is 13.9. The summed E-state index contributed by atoms with van der Waals surface area (Å²) < 4.78 is 0. The van der Waals surface area contributed by atoms with Crippen molar-refractivity contribution in [3.8, 4) is 11.5 Å². The fourth-order valence-corrected chi connectivity index (χ4v) is 5.90. The van der Waals surface area contributed by atoms with E-state index in [1.165, 1.54) is 19.1 Å². The molecule has 0 bridgehead atoms. The topological polar surface area (TPSA) is 93.4 Å². The smallest absolute Gasteiger partial charge is 0.224 e. The number of rotatable bonds is 5.